The number of nitriles is 1. The summed E-state index contributed by atoms with van der Waals surface area (Å²) in [6.07, 6.45) is 0. The smallest absolute Gasteiger partial charge is 0.143 e. The van der Waals surface area contributed by atoms with Crippen LogP contribution in [0.5, 0.6) is 0 Å². The average Bonchev–Trinajstić information content (AvgIpc) is 2.34. The Kier molecular flexibility index (Phi) is 2.80. The molecule has 0 spiro atoms. The van der Waals surface area contributed by atoms with Gasteiger partial charge in [0.25, 0.3) is 0 Å². The largest absolute Gasteiger partial charge is 0.328 e. The molecule has 2 rings (SSSR count). The fourth-order valence-corrected chi connectivity index (χ4v) is 1.76. The van der Waals surface area contributed by atoms with Crippen molar-refractivity contribution in [1.29, 1.82) is 10.7 Å². The van der Waals surface area contributed by atoms with Gasteiger partial charge in [0, 0.05) is 12.7 Å². The summed E-state index contributed by atoms with van der Waals surface area (Å²) in [6, 6.07) is 13.7. The third-order valence-electron chi connectivity index (χ3n) is 2.83. The van der Waals surface area contributed by atoms with Gasteiger partial charge in [-0.25, -0.2) is 0 Å². The van der Waals surface area contributed by atoms with Crippen LogP contribution in [0.2, 0.25) is 0 Å². The maximum atomic E-state index is 8.86. The molecular formula is C14H13N3. The van der Waals surface area contributed by atoms with Crippen LogP contribution in [0.3, 0.4) is 0 Å². The van der Waals surface area contributed by atoms with Crippen molar-refractivity contribution in [3.05, 3.63) is 53.0 Å². The molecule has 0 radical (unpaired) electrons. The molecule has 0 bridgehead atoms. The lowest BCUT2D eigenvalue weighted by atomic mass is 10.1. The summed E-state index contributed by atoms with van der Waals surface area (Å²) in [7, 11) is 1.80. The average molecular weight is 223 g/mol. The van der Waals surface area contributed by atoms with Gasteiger partial charge in [0.05, 0.1) is 5.56 Å². The molecule has 0 fully saturated rings. The van der Waals surface area contributed by atoms with Crippen molar-refractivity contribution in [3.8, 4) is 17.3 Å². The van der Waals surface area contributed by atoms with Crippen molar-refractivity contribution >= 4 is 0 Å². The second-order valence-electron chi connectivity index (χ2n) is 4.02. The van der Waals surface area contributed by atoms with E-state index in [9.17, 15) is 0 Å². The van der Waals surface area contributed by atoms with Gasteiger partial charge in [-0.15, -0.1) is 0 Å². The molecule has 1 aromatic carbocycles. The van der Waals surface area contributed by atoms with E-state index in [0.29, 0.717) is 5.56 Å². The van der Waals surface area contributed by atoms with Gasteiger partial charge >= 0.3 is 0 Å². The number of aromatic nitrogens is 1. The first kappa shape index (κ1) is 11.2. The lowest BCUT2D eigenvalue weighted by molar-refractivity contribution is 0.821. The van der Waals surface area contributed by atoms with E-state index in [2.05, 4.69) is 0 Å². The molecule has 0 aliphatic carbocycles. The molecule has 3 heteroatoms. The van der Waals surface area contributed by atoms with Crippen LogP contribution in [0.25, 0.3) is 11.3 Å². The number of rotatable bonds is 1. The molecular weight excluding hydrogens is 210 g/mol. The summed E-state index contributed by atoms with van der Waals surface area (Å²) in [4.78, 5) is 0. The summed E-state index contributed by atoms with van der Waals surface area (Å²) >= 11 is 0. The summed E-state index contributed by atoms with van der Waals surface area (Å²) < 4.78 is 1.73. The van der Waals surface area contributed by atoms with Crippen LogP contribution in [-0.4, -0.2) is 4.57 Å². The monoisotopic (exact) mass is 223 g/mol. The molecule has 3 nitrogen and oxygen atoms in total. The quantitative estimate of drug-likeness (QED) is 0.792. The fraction of sp³-hybridized carbons (Fsp3) is 0.143. The van der Waals surface area contributed by atoms with Crippen LogP contribution in [-0.2, 0) is 7.05 Å². The van der Waals surface area contributed by atoms with E-state index in [1.165, 1.54) is 5.56 Å². The van der Waals surface area contributed by atoms with E-state index >= 15 is 0 Å². The number of nitrogens with one attached hydrogen (secondary N) is 1. The lowest BCUT2D eigenvalue weighted by Crippen LogP contribution is -2.20. The molecule has 0 aliphatic rings. The minimum atomic E-state index is 0.241. The summed E-state index contributed by atoms with van der Waals surface area (Å²) in [5.41, 5.74) is 3.83. The highest BCUT2D eigenvalue weighted by Gasteiger charge is 2.04. The van der Waals surface area contributed by atoms with Gasteiger partial charge in [0.2, 0.25) is 0 Å². The fourth-order valence-electron chi connectivity index (χ4n) is 1.76. The SMILES string of the molecule is Cc1ccc(-c2ccc(C#N)c(=N)n2C)cc1. The van der Waals surface area contributed by atoms with Crippen molar-refractivity contribution in [2.24, 2.45) is 7.05 Å². The normalized spacial score (nSPS) is 9.94. The van der Waals surface area contributed by atoms with Gasteiger partial charge in [0.1, 0.15) is 11.6 Å². The summed E-state index contributed by atoms with van der Waals surface area (Å²) in [5, 5.41) is 16.7. The molecule has 0 amide bonds. The summed E-state index contributed by atoms with van der Waals surface area (Å²) in [5.74, 6) is 0. The third-order valence-corrected chi connectivity index (χ3v) is 2.83. The predicted octanol–water partition coefficient (Wildman–Crippen LogP) is 2.35. The Balaban J connectivity index is 2.62. The van der Waals surface area contributed by atoms with Gasteiger partial charge in [-0.3, -0.25) is 5.41 Å². The van der Waals surface area contributed by atoms with Crippen LogP contribution >= 0.6 is 0 Å². The molecule has 1 N–H and O–H groups in total. The van der Waals surface area contributed by atoms with E-state index < -0.39 is 0 Å². The van der Waals surface area contributed by atoms with Crippen LogP contribution in [0, 0.1) is 23.7 Å². The standard InChI is InChI=1S/C14H13N3/c1-10-3-5-11(6-4-10)13-8-7-12(9-15)14(16)17(13)2/h3-8,16H,1-2H3. The van der Waals surface area contributed by atoms with E-state index in [1.807, 2.05) is 43.3 Å². The van der Waals surface area contributed by atoms with Crippen molar-refractivity contribution in [2.45, 2.75) is 6.92 Å². The van der Waals surface area contributed by atoms with Crippen molar-refractivity contribution in [1.82, 2.24) is 4.57 Å². The van der Waals surface area contributed by atoms with Crippen LogP contribution in [0.4, 0.5) is 0 Å². The first-order valence-electron chi connectivity index (χ1n) is 5.35. The highest BCUT2D eigenvalue weighted by Crippen LogP contribution is 2.17. The highest BCUT2D eigenvalue weighted by atomic mass is 15.0. The number of aryl methyl sites for hydroxylation is 1. The molecule has 1 heterocycles. The van der Waals surface area contributed by atoms with Crippen LogP contribution < -0.4 is 5.49 Å². The van der Waals surface area contributed by atoms with Gasteiger partial charge < -0.3 is 4.57 Å². The maximum absolute atomic E-state index is 8.86. The molecule has 2 aromatic rings. The van der Waals surface area contributed by atoms with E-state index in [-0.39, 0.29) is 5.49 Å². The Labute approximate surface area is 100 Å². The summed E-state index contributed by atoms with van der Waals surface area (Å²) in [6.45, 7) is 2.04. The van der Waals surface area contributed by atoms with Gasteiger partial charge in [-0.1, -0.05) is 29.8 Å². The molecule has 0 saturated heterocycles. The zero-order valence-corrected chi connectivity index (χ0v) is 9.86. The zero-order valence-electron chi connectivity index (χ0n) is 9.86. The molecule has 17 heavy (non-hydrogen) atoms. The van der Waals surface area contributed by atoms with E-state index in [0.717, 1.165) is 11.3 Å². The molecule has 1 aromatic heterocycles. The van der Waals surface area contributed by atoms with E-state index in [4.69, 9.17) is 10.7 Å². The minimum Gasteiger partial charge on any atom is -0.328 e. The van der Waals surface area contributed by atoms with Gasteiger partial charge in [-0.05, 0) is 24.6 Å². The van der Waals surface area contributed by atoms with Gasteiger partial charge in [0.15, 0.2) is 0 Å². The zero-order chi connectivity index (χ0) is 12.4. The first-order chi connectivity index (χ1) is 8.13. The van der Waals surface area contributed by atoms with Crippen LogP contribution in [0.15, 0.2) is 36.4 Å². The Bertz CT molecular complexity index is 643. The highest BCUT2D eigenvalue weighted by molar-refractivity contribution is 5.60. The number of hydrogen-bond acceptors (Lipinski definition) is 2. The molecule has 84 valence electrons. The molecule has 0 atom stereocenters. The topological polar surface area (TPSA) is 52.6 Å². The molecule has 0 aliphatic heterocycles. The van der Waals surface area contributed by atoms with Crippen molar-refractivity contribution in [3.63, 3.8) is 0 Å². The predicted molar refractivity (Wildman–Crippen MR) is 66.2 cm³/mol. The number of nitrogens with zero attached hydrogens (tertiary/aromatic N) is 2. The second-order valence-corrected chi connectivity index (χ2v) is 4.02. The Morgan fingerprint density at radius 1 is 1.12 bits per heavy atom. The minimum absolute atomic E-state index is 0.241. The van der Waals surface area contributed by atoms with Gasteiger partial charge in [-0.2, -0.15) is 5.26 Å². The molecule has 0 saturated carbocycles. The first-order valence-corrected chi connectivity index (χ1v) is 5.35. The maximum Gasteiger partial charge on any atom is 0.143 e. The van der Waals surface area contributed by atoms with Crippen molar-refractivity contribution < 1.29 is 0 Å². The Morgan fingerprint density at radius 2 is 1.76 bits per heavy atom. The van der Waals surface area contributed by atoms with Crippen LogP contribution in [0.1, 0.15) is 11.1 Å². The number of pyridine rings is 1. The lowest BCUT2D eigenvalue weighted by Gasteiger charge is -2.10. The third kappa shape index (κ3) is 1.98. The Hall–Kier alpha value is -2.34. The Morgan fingerprint density at radius 3 is 2.35 bits per heavy atom. The van der Waals surface area contributed by atoms with E-state index in [1.54, 1.807) is 17.7 Å². The second kappa shape index (κ2) is 4.26. The number of hydrogen-bond donors (Lipinski definition) is 1. The molecule has 0 unspecified atom stereocenters. The van der Waals surface area contributed by atoms with Crippen molar-refractivity contribution in [2.75, 3.05) is 0 Å². The number of benzene rings is 1.